The summed E-state index contributed by atoms with van der Waals surface area (Å²) in [6, 6.07) is -0.487. The fourth-order valence-electron chi connectivity index (χ4n) is 3.68. The van der Waals surface area contributed by atoms with Crippen molar-refractivity contribution < 1.29 is 17.8 Å². The molecular weight excluding hydrogens is 374 g/mol. The van der Waals surface area contributed by atoms with Crippen LogP contribution in [0.5, 0.6) is 0 Å². The standard InChI is InChI=1S/C22H45NO4S/c1-3-4-5-6-7-8-9-10-11-12-13-14-15-16-17-18-19-22(23-21(2)24)20-28(25,26)27/h22H,3-20H2,1-2H3,(H,23,24)(H,25,26,27). The van der Waals surface area contributed by atoms with E-state index in [9.17, 15) is 13.2 Å². The van der Waals surface area contributed by atoms with Crippen LogP contribution in [0, 0.1) is 0 Å². The van der Waals surface area contributed by atoms with Gasteiger partial charge in [0.1, 0.15) is 0 Å². The second-order valence-electron chi connectivity index (χ2n) is 8.24. The summed E-state index contributed by atoms with van der Waals surface area (Å²) in [5.74, 6) is -0.657. The van der Waals surface area contributed by atoms with Gasteiger partial charge < -0.3 is 5.32 Å². The Hall–Kier alpha value is -0.620. The van der Waals surface area contributed by atoms with Gasteiger partial charge in [-0.2, -0.15) is 8.42 Å². The topological polar surface area (TPSA) is 83.5 Å². The predicted molar refractivity (Wildman–Crippen MR) is 118 cm³/mol. The van der Waals surface area contributed by atoms with Crippen LogP contribution in [0.15, 0.2) is 0 Å². The lowest BCUT2D eigenvalue weighted by atomic mass is 10.0. The summed E-state index contributed by atoms with van der Waals surface area (Å²) in [5.41, 5.74) is 0. The summed E-state index contributed by atoms with van der Waals surface area (Å²) >= 11 is 0. The van der Waals surface area contributed by atoms with Crippen molar-refractivity contribution in [2.24, 2.45) is 0 Å². The zero-order valence-corrected chi connectivity index (χ0v) is 19.2. The van der Waals surface area contributed by atoms with E-state index in [0.29, 0.717) is 6.42 Å². The second kappa shape index (κ2) is 18.4. The minimum absolute atomic E-state index is 0.259. The first-order chi connectivity index (χ1) is 13.3. The first-order valence-corrected chi connectivity index (χ1v) is 13.2. The molecule has 0 saturated heterocycles. The summed E-state index contributed by atoms with van der Waals surface area (Å²) in [6.07, 6.45) is 21.3. The zero-order valence-electron chi connectivity index (χ0n) is 18.4. The van der Waals surface area contributed by atoms with E-state index < -0.39 is 21.9 Å². The predicted octanol–water partition coefficient (Wildman–Crippen LogP) is 6.03. The highest BCUT2D eigenvalue weighted by Crippen LogP contribution is 2.14. The molecule has 0 aliphatic carbocycles. The number of carbonyl (C=O) groups excluding carboxylic acids is 1. The van der Waals surface area contributed by atoms with Crippen molar-refractivity contribution >= 4 is 16.0 Å². The van der Waals surface area contributed by atoms with E-state index >= 15 is 0 Å². The lowest BCUT2D eigenvalue weighted by Crippen LogP contribution is -2.38. The molecule has 168 valence electrons. The van der Waals surface area contributed by atoms with E-state index in [4.69, 9.17) is 4.55 Å². The summed E-state index contributed by atoms with van der Waals surface area (Å²) in [7, 11) is -4.06. The van der Waals surface area contributed by atoms with Crippen molar-refractivity contribution in [3.63, 3.8) is 0 Å². The smallest absolute Gasteiger partial charge is 0.266 e. The fourth-order valence-corrected chi connectivity index (χ4v) is 4.44. The first kappa shape index (κ1) is 27.4. The SMILES string of the molecule is CCCCCCCCCCCCCCCCCCC(CS(=O)(=O)O)NC(C)=O. The van der Waals surface area contributed by atoms with Crippen molar-refractivity contribution in [3.05, 3.63) is 0 Å². The molecule has 0 aliphatic rings. The van der Waals surface area contributed by atoms with E-state index in [1.54, 1.807) is 0 Å². The normalized spacial score (nSPS) is 12.8. The van der Waals surface area contributed by atoms with E-state index in [1.807, 2.05) is 0 Å². The van der Waals surface area contributed by atoms with Crippen molar-refractivity contribution in [1.82, 2.24) is 5.32 Å². The third-order valence-electron chi connectivity index (χ3n) is 5.23. The maximum atomic E-state index is 11.1. The molecule has 0 aromatic rings. The van der Waals surface area contributed by atoms with Gasteiger partial charge >= 0.3 is 0 Å². The summed E-state index contributed by atoms with van der Waals surface area (Å²) < 4.78 is 31.0. The zero-order chi connectivity index (χ0) is 21.1. The molecule has 1 unspecified atom stereocenters. The average Bonchev–Trinajstić information content (AvgIpc) is 2.59. The molecule has 6 heteroatoms. The second-order valence-corrected chi connectivity index (χ2v) is 9.74. The lowest BCUT2D eigenvalue weighted by Gasteiger charge is -2.16. The Kier molecular flexibility index (Phi) is 18.0. The van der Waals surface area contributed by atoms with Crippen LogP contribution in [-0.2, 0) is 14.9 Å². The van der Waals surface area contributed by atoms with Gasteiger partial charge in [0, 0.05) is 13.0 Å². The molecule has 0 bridgehead atoms. The Morgan fingerprint density at radius 2 is 1.11 bits per heavy atom. The van der Waals surface area contributed by atoms with Crippen molar-refractivity contribution in [1.29, 1.82) is 0 Å². The average molecular weight is 420 g/mol. The van der Waals surface area contributed by atoms with E-state index in [1.165, 1.54) is 90.4 Å². The number of hydrogen-bond acceptors (Lipinski definition) is 3. The molecule has 1 amide bonds. The van der Waals surface area contributed by atoms with Crippen LogP contribution in [0.3, 0.4) is 0 Å². The largest absolute Gasteiger partial charge is 0.352 e. The highest BCUT2D eigenvalue weighted by atomic mass is 32.2. The molecule has 0 aromatic heterocycles. The van der Waals surface area contributed by atoms with Gasteiger partial charge in [0.05, 0.1) is 5.75 Å². The maximum absolute atomic E-state index is 11.1. The highest BCUT2D eigenvalue weighted by molar-refractivity contribution is 7.85. The van der Waals surface area contributed by atoms with Crippen LogP contribution in [0.2, 0.25) is 0 Å². The monoisotopic (exact) mass is 419 g/mol. The minimum Gasteiger partial charge on any atom is -0.352 e. The Morgan fingerprint density at radius 1 is 0.750 bits per heavy atom. The van der Waals surface area contributed by atoms with E-state index in [0.717, 1.165) is 19.3 Å². The van der Waals surface area contributed by atoms with Gasteiger partial charge in [0.2, 0.25) is 5.91 Å². The van der Waals surface area contributed by atoms with Crippen LogP contribution in [0.1, 0.15) is 123 Å². The van der Waals surface area contributed by atoms with Gasteiger partial charge in [-0.25, -0.2) is 0 Å². The Bertz CT molecular complexity index is 465. The lowest BCUT2D eigenvalue weighted by molar-refractivity contribution is -0.119. The molecule has 0 radical (unpaired) electrons. The number of rotatable bonds is 20. The summed E-state index contributed by atoms with van der Waals surface area (Å²) in [4.78, 5) is 11.1. The molecule has 5 nitrogen and oxygen atoms in total. The van der Waals surface area contributed by atoms with Crippen molar-refractivity contribution in [2.75, 3.05) is 5.75 Å². The van der Waals surface area contributed by atoms with Crippen LogP contribution in [-0.4, -0.2) is 30.7 Å². The molecule has 0 fully saturated rings. The molecule has 0 spiro atoms. The van der Waals surface area contributed by atoms with Gasteiger partial charge in [-0.05, 0) is 6.42 Å². The van der Waals surface area contributed by atoms with Crippen LogP contribution in [0.25, 0.3) is 0 Å². The number of hydrogen-bond donors (Lipinski definition) is 2. The third-order valence-corrected chi connectivity index (χ3v) is 6.05. The molecule has 0 aliphatic heterocycles. The van der Waals surface area contributed by atoms with Crippen LogP contribution < -0.4 is 5.32 Å². The van der Waals surface area contributed by atoms with E-state index in [-0.39, 0.29) is 5.91 Å². The van der Waals surface area contributed by atoms with Crippen molar-refractivity contribution in [3.8, 4) is 0 Å². The molecule has 1 atom stereocenters. The van der Waals surface area contributed by atoms with Gasteiger partial charge in [0.25, 0.3) is 10.1 Å². The van der Waals surface area contributed by atoms with Gasteiger partial charge in [0.15, 0.2) is 0 Å². The van der Waals surface area contributed by atoms with Gasteiger partial charge in [-0.15, -0.1) is 0 Å². The number of nitrogens with one attached hydrogen (secondary N) is 1. The Morgan fingerprint density at radius 3 is 1.43 bits per heavy atom. The number of carbonyl (C=O) groups is 1. The van der Waals surface area contributed by atoms with E-state index in [2.05, 4.69) is 12.2 Å². The maximum Gasteiger partial charge on any atom is 0.266 e. The molecule has 0 saturated carbocycles. The van der Waals surface area contributed by atoms with Crippen molar-refractivity contribution in [2.45, 2.75) is 129 Å². The van der Waals surface area contributed by atoms with Crippen LogP contribution >= 0.6 is 0 Å². The first-order valence-electron chi connectivity index (χ1n) is 11.6. The molecule has 2 N–H and O–H groups in total. The fraction of sp³-hybridized carbons (Fsp3) is 0.955. The number of amides is 1. The third kappa shape index (κ3) is 21.7. The van der Waals surface area contributed by atoms with Gasteiger partial charge in [-0.3, -0.25) is 9.35 Å². The van der Waals surface area contributed by atoms with Crippen LogP contribution in [0.4, 0.5) is 0 Å². The molecule has 0 aromatic carbocycles. The van der Waals surface area contributed by atoms with Gasteiger partial charge in [-0.1, -0.05) is 110 Å². The molecular formula is C22H45NO4S. The molecule has 0 heterocycles. The summed E-state index contributed by atoms with van der Waals surface area (Å²) in [5, 5.41) is 2.61. The summed E-state index contributed by atoms with van der Waals surface area (Å²) in [6.45, 7) is 3.63. The molecule has 0 rings (SSSR count). The highest BCUT2D eigenvalue weighted by Gasteiger charge is 2.17. The Balaban J connectivity index is 3.43. The number of unbranched alkanes of at least 4 members (excludes halogenated alkanes) is 15. The minimum atomic E-state index is -4.06. The molecule has 28 heavy (non-hydrogen) atoms. The Labute approximate surface area is 174 Å². The quantitative estimate of drug-likeness (QED) is 0.186.